The lowest BCUT2D eigenvalue weighted by molar-refractivity contribution is -0.118. The monoisotopic (exact) mass is 490 g/mol. The summed E-state index contributed by atoms with van der Waals surface area (Å²) < 4.78 is 29.1. The number of carbonyl (C=O) groups excluding carboxylic acids is 2. The van der Waals surface area contributed by atoms with E-state index in [1.54, 1.807) is 16.4 Å². The number of primary amides is 1. The normalized spacial score (nSPS) is 22.5. The van der Waals surface area contributed by atoms with Crippen LogP contribution in [0.25, 0.3) is 0 Å². The van der Waals surface area contributed by atoms with Crippen molar-refractivity contribution in [1.29, 1.82) is 0 Å². The lowest BCUT2D eigenvalue weighted by atomic mass is 9.93. The molecule has 0 saturated carbocycles. The quantitative estimate of drug-likeness (QED) is 0.633. The number of piperidine rings is 3. The van der Waals surface area contributed by atoms with Crippen molar-refractivity contribution in [3.05, 3.63) is 23.8 Å². The average molecular weight is 491 g/mol. The molecule has 2 amide bonds. The van der Waals surface area contributed by atoms with Crippen LogP contribution in [0, 0.1) is 5.92 Å². The van der Waals surface area contributed by atoms with E-state index in [4.69, 9.17) is 5.73 Å². The molecule has 9 heteroatoms. The molecule has 0 bridgehead atoms. The minimum atomic E-state index is -3.69. The molecule has 3 aliphatic rings. The first-order valence-electron chi connectivity index (χ1n) is 12.8. The van der Waals surface area contributed by atoms with Crippen LogP contribution in [0.5, 0.6) is 0 Å². The highest BCUT2D eigenvalue weighted by atomic mass is 32.2. The minimum absolute atomic E-state index is 0.135. The van der Waals surface area contributed by atoms with Gasteiger partial charge in [-0.2, -0.15) is 4.31 Å². The summed E-state index contributed by atoms with van der Waals surface area (Å²) in [6.45, 7) is 3.97. The van der Waals surface area contributed by atoms with Gasteiger partial charge in [-0.15, -0.1) is 0 Å². The third-order valence-electron chi connectivity index (χ3n) is 7.44. The van der Waals surface area contributed by atoms with Crippen molar-refractivity contribution >= 4 is 27.5 Å². The van der Waals surface area contributed by atoms with Gasteiger partial charge in [-0.05, 0) is 75.5 Å². The zero-order valence-electron chi connectivity index (χ0n) is 20.1. The van der Waals surface area contributed by atoms with Crippen molar-refractivity contribution in [3.63, 3.8) is 0 Å². The molecular weight excluding hydrogens is 452 g/mol. The van der Waals surface area contributed by atoms with Gasteiger partial charge in [0, 0.05) is 51.3 Å². The maximum atomic E-state index is 13.7. The van der Waals surface area contributed by atoms with Gasteiger partial charge in [-0.25, -0.2) is 8.42 Å². The molecule has 8 nitrogen and oxygen atoms in total. The molecule has 1 atom stereocenters. The average Bonchev–Trinajstić information content (AvgIpc) is 2.88. The Balaban J connectivity index is 1.61. The number of hydrogen-bond acceptors (Lipinski definition) is 5. The van der Waals surface area contributed by atoms with E-state index in [9.17, 15) is 18.0 Å². The van der Waals surface area contributed by atoms with Crippen LogP contribution in [0.4, 0.5) is 5.69 Å². The van der Waals surface area contributed by atoms with Crippen LogP contribution in [-0.2, 0) is 14.8 Å². The van der Waals surface area contributed by atoms with Gasteiger partial charge in [0.1, 0.15) is 4.90 Å². The van der Waals surface area contributed by atoms with Crippen LogP contribution in [-0.4, -0.2) is 68.7 Å². The summed E-state index contributed by atoms with van der Waals surface area (Å²) in [6.07, 6.45) is 8.91. The maximum Gasteiger partial charge on any atom is 0.253 e. The predicted octanol–water partition coefficient (Wildman–Crippen LogP) is 2.97. The summed E-state index contributed by atoms with van der Waals surface area (Å²) >= 11 is 0. The van der Waals surface area contributed by atoms with Crippen LogP contribution in [0.2, 0.25) is 0 Å². The van der Waals surface area contributed by atoms with Gasteiger partial charge >= 0.3 is 0 Å². The molecule has 0 aromatic heterocycles. The van der Waals surface area contributed by atoms with Crippen molar-refractivity contribution < 1.29 is 18.0 Å². The van der Waals surface area contributed by atoms with Gasteiger partial charge < -0.3 is 15.5 Å². The molecule has 188 valence electrons. The summed E-state index contributed by atoms with van der Waals surface area (Å²) in [4.78, 5) is 28.9. The molecule has 1 unspecified atom stereocenters. The second-order valence-corrected chi connectivity index (χ2v) is 11.9. The fraction of sp³-hybridized carbons (Fsp3) is 0.680. The Labute approximate surface area is 203 Å². The number of nitrogens with zero attached hydrogens (tertiary/aromatic N) is 3. The van der Waals surface area contributed by atoms with E-state index in [0.29, 0.717) is 44.6 Å². The number of amides is 2. The second kappa shape index (κ2) is 11.1. The second-order valence-electron chi connectivity index (χ2n) is 9.96. The van der Waals surface area contributed by atoms with Gasteiger partial charge in [-0.3, -0.25) is 9.59 Å². The molecule has 0 spiro atoms. The summed E-state index contributed by atoms with van der Waals surface area (Å²) in [7, 11) is -3.69. The first-order chi connectivity index (χ1) is 16.4. The number of hydrogen-bond donors (Lipinski definition) is 1. The molecule has 3 fully saturated rings. The van der Waals surface area contributed by atoms with Crippen LogP contribution in [0.1, 0.15) is 74.6 Å². The molecule has 3 saturated heterocycles. The van der Waals surface area contributed by atoms with Crippen molar-refractivity contribution in [1.82, 2.24) is 9.21 Å². The smallest absolute Gasteiger partial charge is 0.253 e. The number of carbonyl (C=O) groups is 2. The van der Waals surface area contributed by atoms with Crippen molar-refractivity contribution in [2.75, 3.05) is 44.2 Å². The maximum absolute atomic E-state index is 13.7. The van der Waals surface area contributed by atoms with Gasteiger partial charge in [0.15, 0.2) is 0 Å². The SMILES string of the molecule is NC(=O)CCC1CCCN(C(=O)c2ccc(N3CCCCC3)c(S(=O)(=O)N3CCCCC3)c2)C1. The zero-order chi connectivity index (χ0) is 24.1. The summed E-state index contributed by atoms with van der Waals surface area (Å²) in [6, 6.07) is 5.24. The Morgan fingerprint density at radius 2 is 1.59 bits per heavy atom. The Bertz CT molecular complexity index is 985. The molecule has 4 rings (SSSR count). The summed E-state index contributed by atoms with van der Waals surface area (Å²) in [5.74, 6) is -0.206. The van der Waals surface area contributed by atoms with E-state index in [0.717, 1.165) is 70.1 Å². The lowest BCUT2D eigenvalue weighted by Crippen LogP contribution is -2.40. The zero-order valence-corrected chi connectivity index (χ0v) is 20.9. The van der Waals surface area contributed by atoms with Gasteiger partial charge in [0.25, 0.3) is 5.91 Å². The highest BCUT2D eigenvalue weighted by Crippen LogP contribution is 2.33. The highest BCUT2D eigenvalue weighted by Gasteiger charge is 2.32. The first kappa shape index (κ1) is 25.0. The van der Waals surface area contributed by atoms with Crippen LogP contribution < -0.4 is 10.6 Å². The van der Waals surface area contributed by atoms with E-state index in [1.807, 2.05) is 11.0 Å². The topological polar surface area (TPSA) is 104 Å². The first-order valence-corrected chi connectivity index (χ1v) is 14.3. The Hall–Kier alpha value is -2.13. The lowest BCUT2D eigenvalue weighted by Gasteiger charge is -2.34. The third kappa shape index (κ3) is 5.74. The van der Waals surface area contributed by atoms with Crippen molar-refractivity contribution in [2.45, 2.75) is 69.1 Å². The fourth-order valence-electron chi connectivity index (χ4n) is 5.51. The molecule has 3 heterocycles. The van der Waals surface area contributed by atoms with E-state index in [2.05, 4.69) is 4.90 Å². The number of anilines is 1. The summed E-state index contributed by atoms with van der Waals surface area (Å²) in [5, 5.41) is 0. The fourth-order valence-corrected chi connectivity index (χ4v) is 7.26. The molecule has 34 heavy (non-hydrogen) atoms. The van der Waals surface area contributed by atoms with Gasteiger partial charge in [-0.1, -0.05) is 6.42 Å². The molecule has 1 aromatic carbocycles. The molecule has 3 aliphatic heterocycles. The van der Waals surface area contributed by atoms with E-state index >= 15 is 0 Å². The van der Waals surface area contributed by atoms with Gasteiger partial charge in [0.2, 0.25) is 15.9 Å². The third-order valence-corrected chi connectivity index (χ3v) is 9.37. The number of rotatable bonds is 7. The van der Waals surface area contributed by atoms with Gasteiger partial charge in [0.05, 0.1) is 5.69 Å². The molecular formula is C25H38N4O4S. The Morgan fingerprint density at radius 1 is 0.912 bits per heavy atom. The minimum Gasteiger partial charge on any atom is -0.370 e. The number of nitrogens with two attached hydrogens (primary N) is 1. The van der Waals surface area contributed by atoms with E-state index in [1.165, 1.54) is 0 Å². The molecule has 1 aromatic rings. The number of likely N-dealkylation sites (tertiary alicyclic amines) is 1. The van der Waals surface area contributed by atoms with Crippen molar-refractivity contribution in [3.8, 4) is 0 Å². The predicted molar refractivity (Wildman–Crippen MR) is 132 cm³/mol. The van der Waals surface area contributed by atoms with Crippen LogP contribution in [0.3, 0.4) is 0 Å². The van der Waals surface area contributed by atoms with Crippen LogP contribution >= 0.6 is 0 Å². The molecule has 0 radical (unpaired) electrons. The molecule has 0 aliphatic carbocycles. The van der Waals surface area contributed by atoms with Crippen molar-refractivity contribution in [2.24, 2.45) is 11.7 Å². The standard InChI is InChI=1S/C25H38N4O4S/c26-24(30)12-9-20-8-7-15-28(19-20)25(31)21-10-11-22(27-13-3-1-4-14-27)23(18-21)34(32,33)29-16-5-2-6-17-29/h10-11,18,20H,1-9,12-17,19H2,(H2,26,30). The summed E-state index contributed by atoms with van der Waals surface area (Å²) in [5.41, 5.74) is 6.45. The van der Waals surface area contributed by atoms with E-state index in [-0.39, 0.29) is 22.6 Å². The van der Waals surface area contributed by atoms with Crippen LogP contribution in [0.15, 0.2) is 23.1 Å². The largest absolute Gasteiger partial charge is 0.370 e. The Morgan fingerprint density at radius 3 is 2.26 bits per heavy atom. The Kier molecular flexibility index (Phi) is 8.14. The molecule has 2 N–H and O–H groups in total. The number of benzene rings is 1. The number of sulfonamides is 1. The highest BCUT2D eigenvalue weighted by molar-refractivity contribution is 7.89. The van der Waals surface area contributed by atoms with E-state index < -0.39 is 10.0 Å².